The molecule has 8 heteroatoms. The summed E-state index contributed by atoms with van der Waals surface area (Å²) < 4.78 is 18.2. The molecule has 20 heavy (non-hydrogen) atoms. The molecule has 0 aliphatic heterocycles. The first-order valence-electron chi connectivity index (χ1n) is 5.48. The number of rotatable bonds is 6. The molecule has 0 fully saturated rings. The van der Waals surface area contributed by atoms with Crippen LogP contribution in [0.3, 0.4) is 0 Å². The number of hydrogen-bond acceptors (Lipinski definition) is 4. The van der Waals surface area contributed by atoms with Crippen molar-refractivity contribution in [1.29, 1.82) is 0 Å². The first-order valence-corrected chi connectivity index (χ1v) is 5.48. The van der Waals surface area contributed by atoms with Gasteiger partial charge in [0.25, 0.3) is 5.91 Å². The number of carbonyl (C=O) groups excluding carboxylic acids is 2. The van der Waals surface area contributed by atoms with Crippen LogP contribution in [0.1, 0.15) is 10.4 Å². The van der Waals surface area contributed by atoms with Crippen LogP contribution in [0.25, 0.3) is 0 Å². The van der Waals surface area contributed by atoms with Crippen molar-refractivity contribution in [1.82, 2.24) is 4.90 Å². The Morgan fingerprint density at radius 1 is 1.35 bits per heavy atom. The van der Waals surface area contributed by atoms with Crippen molar-refractivity contribution >= 4 is 17.8 Å². The summed E-state index contributed by atoms with van der Waals surface area (Å²) >= 11 is 0. The molecule has 0 aliphatic rings. The predicted molar refractivity (Wildman–Crippen MR) is 65.7 cm³/mol. The molecule has 0 unspecified atom stereocenters. The molecule has 1 aromatic rings. The molecule has 0 radical (unpaired) electrons. The number of nitrogens with zero attached hydrogens (tertiary/aromatic N) is 1. The second kappa shape index (κ2) is 6.50. The second-order valence-corrected chi connectivity index (χ2v) is 3.87. The summed E-state index contributed by atoms with van der Waals surface area (Å²) in [4.78, 5) is 34.2. The smallest absolute Gasteiger partial charge is 0.323 e. The van der Waals surface area contributed by atoms with Gasteiger partial charge in [-0.15, -0.1) is 0 Å². The van der Waals surface area contributed by atoms with Gasteiger partial charge in [-0.2, -0.15) is 0 Å². The van der Waals surface area contributed by atoms with Crippen LogP contribution in [-0.2, 0) is 9.59 Å². The van der Waals surface area contributed by atoms with Crippen molar-refractivity contribution in [2.75, 3.05) is 20.2 Å². The first-order chi connectivity index (χ1) is 9.35. The lowest BCUT2D eigenvalue weighted by atomic mass is 10.1. The van der Waals surface area contributed by atoms with Gasteiger partial charge in [-0.25, -0.2) is 4.39 Å². The number of carboxylic acids is 1. The number of aliphatic carboxylic acids is 1. The standard InChI is InChI=1S/C12H13FN2O5/c1-20-9-3-2-7(4-8(9)13)12(19)15(5-10(14)16)6-11(17)18/h2-4H,5-6H2,1H3,(H2,14,16)(H,17,18). The number of nitrogens with two attached hydrogens (primary N) is 1. The molecule has 1 rings (SSSR count). The quantitative estimate of drug-likeness (QED) is 0.754. The van der Waals surface area contributed by atoms with Crippen molar-refractivity contribution in [2.45, 2.75) is 0 Å². The number of carbonyl (C=O) groups is 3. The van der Waals surface area contributed by atoms with E-state index in [4.69, 9.17) is 15.6 Å². The van der Waals surface area contributed by atoms with Gasteiger partial charge in [-0.3, -0.25) is 14.4 Å². The van der Waals surface area contributed by atoms with Crippen LogP contribution < -0.4 is 10.5 Å². The van der Waals surface area contributed by atoms with E-state index in [0.717, 1.165) is 6.07 Å². The second-order valence-electron chi connectivity index (χ2n) is 3.87. The Balaban J connectivity index is 3.01. The number of ether oxygens (including phenoxy) is 1. The molecule has 1 aromatic carbocycles. The van der Waals surface area contributed by atoms with E-state index in [1.165, 1.54) is 19.2 Å². The Morgan fingerprint density at radius 3 is 2.45 bits per heavy atom. The number of hydrogen-bond donors (Lipinski definition) is 2. The van der Waals surface area contributed by atoms with Gasteiger partial charge in [0.15, 0.2) is 11.6 Å². The van der Waals surface area contributed by atoms with Crippen LogP contribution in [0.4, 0.5) is 4.39 Å². The minimum atomic E-state index is -1.31. The maximum Gasteiger partial charge on any atom is 0.323 e. The number of halogens is 1. The molecule has 0 heterocycles. The Hall–Kier alpha value is -2.64. The van der Waals surface area contributed by atoms with Crippen molar-refractivity contribution < 1.29 is 28.6 Å². The summed E-state index contributed by atoms with van der Waals surface area (Å²) in [6.07, 6.45) is 0. The zero-order valence-electron chi connectivity index (χ0n) is 10.6. The molecule has 2 amide bonds. The summed E-state index contributed by atoms with van der Waals surface area (Å²) in [5, 5.41) is 8.69. The van der Waals surface area contributed by atoms with Crippen molar-refractivity contribution in [3.63, 3.8) is 0 Å². The van der Waals surface area contributed by atoms with Gasteiger partial charge < -0.3 is 20.5 Å². The van der Waals surface area contributed by atoms with E-state index in [1.54, 1.807) is 0 Å². The van der Waals surface area contributed by atoms with Crippen molar-refractivity contribution in [3.8, 4) is 5.75 Å². The molecule has 108 valence electrons. The van der Waals surface area contributed by atoms with Gasteiger partial charge in [-0.05, 0) is 18.2 Å². The monoisotopic (exact) mass is 284 g/mol. The number of methoxy groups -OCH3 is 1. The highest BCUT2D eigenvalue weighted by molar-refractivity contribution is 5.98. The number of carboxylic acid groups (broad SMARTS) is 1. The molecule has 0 saturated heterocycles. The lowest BCUT2D eigenvalue weighted by Crippen LogP contribution is -2.41. The van der Waals surface area contributed by atoms with Gasteiger partial charge in [0.2, 0.25) is 5.91 Å². The molecule has 0 aromatic heterocycles. The van der Waals surface area contributed by atoms with Crippen molar-refractivity contribution in [3.05, 3.63) is 29.6 Å². The highest BCUT2D eigenvalue weighted by Gasteiger charge is 2.21. The number of amides is 2. The molecular weight excluding hydrogens is 271 g/mol. The van der Waals surface area contributed by atoms with E-state index in [0.29, 0.717) is 4.90 Å². The maximum atomic E-state index is 13.5. The van der Waals surface area contributed by atoms with Gasteiger partial charge in [0.05, 0.1) is 7.11 Å². The third-order valence-corrected chi connectivity index (χ3v) is 2.36. The van der Waals surface area contributed by atoms with Crippen LogP contribution >= 0.6 is 0 Å². The van der Waals surface area contributed by atoms with E-state index in [2.05, 4.69) is 0 Å². The van der Waals surface area contributed by atoms with E-state index in [1.807, 2.05) is 0 Å². The van der Waals surface area contributed by atoms with Crippen LogP contribution in [0.2, 0.25) is 0 Å². The molecule has 7 nitrogen and oxygen atoms in total. The number of primary amides is 1. The average Bonchev–Trinajstić information content (AvgIpc) is 2.35. The van der Waals surface area contributed by atoms with Gasteiger partial charge >= 0.3 is 5.97 Å². The van der Waals surface area contributed by atoms with E-state index >= 15 is 0 Å². The zero-order valence-corrected chi connectivity index (χ0v) is 10.6. The van der Waals surface area contributed by atoms with E-state index in [-0.39, 0.29) is 11.3 Å². The van der Waals surface area contributed by atoms with Crippen LogP contribution in [-0.4, -0.2) is 48.0 Å². The fraction of sp³-hybridized carbons (Fsp3) is 0.250. The van der Waals surface area contributed by atoms with Crippen LogP contribution in [0.5, 0.6) is 5.75 Å². The Kier molecular flexibility index (Phi) is 5.01. The zero-order chi connectivity index (χ0) is 15.3. The molecular formula is C12H13FN2O5. The Bertz CT molecular complexity index is 531. The molecule has 0 saturated carbocycles. The third kappa shape index (κ3) is 3.94. The molecule has 0 spiro atoms. The SMILES string of the molecule is COc1ccc(C(=O)N(CC(N)=O)CC(=O)O)cc1F. The van der Waals surface area contributed by atoms with Crippen molar-refractivity contribution in [2.24, 2.45) is 5.73 Å². The van der Waals surface area contributed by atoms with E-state index in [9.17, 15) is 18.8 Å². The Labute approximate surface area is 113 Å². The summed E-state index contributed by atoms with van der Waals surface area (Å²) in [6.45, 7) is -1.28. The van der Waals surface area contributed by atoms with Gasteiger partial charge in [0.1, 0.15) is 13.1 Å². The fourth-order valence-corrected chi connectivity index (χ4v) is 1.53. The van der Waals surface area contributed by atoms with E-state index < -0.39 is 36.7 Å². The van der Waals surface area contributed by atoms with Gasteiger partial charge in [0, 0.05) is 5.56 Å². The fourth-order valence-electron chi connectivity index (χ4n) is 1.53. The largest absolute Gasteiger partial charge is 0.494 e. The summed E-state index contributed by atoms with van der Waals surface area (Å²) in [5.74, 6) is -3.82. The topological polar surface area (TPSA) is 110 Å². The summed E-state index contributed by atoms with van der Waals surface area (Å²) in [6, 6.07) is 3.39. The normalized spacial score (nSPS) is 9.90. The minimum Gasteiger partial charge on any atom is -0.494 e. The van der Waals surface area contributed by atoms with Gasteiger partial charge in [-0.1, -0.05) is 0 Å². The van der Waals surface area contributed by atoms with Crippen LogP contribution in [0.15, 0.2) is 18.2 Å². The third-order valence-electron chi connectivity index (χ3n) is 2.36. The Morgan fingerprint density at radius 2 is 2.00 bits per heavy atom. The predicted octanol–water partition coefficient (Wildman–Crippen LogP) is -0.154. The molecule has 3 N–H and O–H groups in total. The maximum absolute atomic E-state index is 13.5. The highest BCUT2D eigenvalue weighted by Crippen LogP contribution is 2.18. The molecule has 0 atom stereocenters. The minimum absolute atomic E-state index is 0.0544. The lowest BCUT2D eigenvalue weighted by Gasteiger charge is -2.19. The lowest BCUT2D eigenvalue weighted by molar-refractivity contribution is -0.138. The summed E-state index contributed by atoms with van der Waals surface area (Å²) in [7, 11) is 1.27. The summed E-state index contributed by atoms with van der Waals surface area (Å²) in [5.41, 5.74) is 4.83. The van der Waals surface area contributed by atoms with Crippen LogP contribution in [0, 0.1) is 5.82 Å². The number of benzene rings is 1. The molecule has 0 aliphatic carbocycles. The average molecular weight is 284 g/mol. The molecule has 0 bridgehead atoms. The highest BCUT2D eigenvalue weighted by atomic mass is 19.1. The first kappa shape index (κ1) is 15.4.